The molecule has 1 saturated heterocycles. The van der Waals surface area contributed by atoms with Crippen molar-refractivity contribution in [3.63, 3.8) is 0 Å². The van der Waals surface area contributed by atoms with Crippen LogP contribution in [-0.4, -0.2) is 36.1 Å². The highest BCUT2D eigenvalue weighted by Gasteiger charge is 2.40. The van der Waals surface area contributed by atoms with Gasteiger partial charge in [0.2, 0.25) is 5.91 Å². The van der Waals surface area contributed by atoms with Crippen LogP contribution in [0, 0.1) is 10.8 Å². The third kappa shape index (κ3) is 4.20. The molecule has 0 aromatic carbocycles. The van der Waals surface area contributed by atoms with Crippen LogP contribution in [0.5, 0.6) is 0 Å². The van der Waals surface area contributed by atoms with Crippen molar-refractivity contribution in [2.75, 3.05) is 13.1 Å². The highest BCUT2D eigenvalue weighted by molar-refractivity contribution is 5.84. The van der Waals surface area contributed by atoms with E-state index in [4.69, 9.17) is 5.11 Å². The minimum Gasteiger partial charge on any atom is -0.481 e. The van der Waals surface area contributed by atoms with Gasteiger partial charge in [-0.15, -0.1) is 0 Å². The third-order valence-electron chi connectivity index (χ3n) is 4.36. The predicted octanol–water partition coefficient (Wildman–Crippen LogP) is 1.77. The van der Waals surface area contributed by atoms with E-state index in [1.807, 2.05) is 27.7 Å². The van der Waals surface area contributed by atoms with Crippen molar-refractivity contribution in [3.8, 4) is 0 Å². The van der Waals surface area contributed by atoms with Gasteiger partial charge >= 0.3 is 5.97 Å². The molecule has 1 fully saturated rings. The quantitative estimate of drug-likeness (QED) is 0.719. The second kappa shape index (κ2) is 6.57. The molecule has 0 spiro atoms. The number of carbonyl (C=O) groups is 2. The van der Waals surface area contributed by atoms with Crippen LogP contribution in [-0.2, 0) is 9.59 Å². The van der Waals surface area contributed by atoms with Crippen LogP contribution in [0.3, 0.4) is 0 Å². The van der Waals surface area contributed by atoms with E-state index >= 15 is 0 Å². The van der Waals surface area contributed by atoms with Gasteiger partial charge in [-0.1, -0.05) is 27.7 Å². The topological polar surface area (TPSA) is 78.4 Å². The zero-order valence-electron chi connectivity index (χ0n) is 13.1. The highest BCUT2D eigenvalue weighted by Crippen LogP contribution is 2.32. The van der Waals surface area contributed by atoms with Crippen molar-refractivity contribution in [3.05, 3.63) is 0 Å². The zero-order chi connectivity index (χ0) is 15.4. The Morgan fingerprint density at radius 3 is 2.45 bits per heavy atom. The first kappa shape index (κ1) is 17.0. The van der Waals surface area contributed by atoms with Crippen LogP contribution in [0.4, 0.5) is 0 Å². The molecule has 1 heterocycles. The predicted molar refractivity (Wildman–Crippen MR) is 78.5 cm³/mol. The third-order valence-corrected chi connectivity index (χ3v) is 4.36. The molecule has 0 aromatic rings. The van der Waals surface area contributed by atoms with Crippen LogP contribution < -0.4 is 10.6 Å². The molecular weight excluding hydrogens is 256 g/mol. The lowest BCUT2D eigenvalue weighted by Crippen LogP contribution is -2.55. The van der Waals surface area contributed by atoms with Crippen LogP contribution in [0.15, 0.2) is 0 Å². The Balaban J connectivity index is 2.81. The molecule has 1 aliphatic heterocycles. The van der Waals surface area contributed by atoms with Gasteiger partial charge in [0.05, 0.1) is 11.8 Å². The van der Waals surface area contributed by atoms with Gasteiger partial charge in [0.25, 0.3) is 0 Å². The van der Waals surface area contributed by atoms with Gasteiger partial charge in [-0.25, -0.2) is 0 Å². The van der Waals surface area contributed by atoms with Gasteiger partial charge in [-0.3, -0.25) is 9.59 Å². The number of carboxylic acid groups (broad SMARTS) is 1. The number of rotatable bonds is 5. The molecule has 3 N–H and O–H groups in total. The molecule has 20 heavy (non-hydrogen) atoms. The normalized spacial score (nSPS) is 25.0. The first-order chi connectivity index (χ1) is 9.21. The Morgan fingerprint density at radius 2 is 2.05 bits per heavy atom. The summed E-state index contributed by atoms with van der Waals surface area (Å²) in [5.41, 5.74) is -0.661. The van der Waals surface area contributed by atoms with Gasteiger partial charge in [-0.05, 0) is 31.2 Å². The van der Waals surface area contributed by atoms with Crippen molar-refractivity contribution in [2.24, 2.45) is 10.8 Å². The summed E-state index contributed by atoms with van der Waals surface area (Å²) in [7, 11) is 0. The Labute approximate surface area is 121 Å². The summed E-state index contributed by atoms with van der Waals surface area (Å²) in [6.07, 6.45) is 2.59. The van der Waals surface area contributed by atoms with E-state index in [1.54, 1.807) is 0 Å². The Hall–Kier alpha value is -1.10. The SMILES string of the molecule is CCC1(C(=O)NC(CC(=O)O)C(C)(C)C)CCCNC1. The molecule has 2 unspecified atom stereocenters. The number of hydrogen-bond acceptors (Lipinski definition) is 3. The summed E-state index contributed by atoms with van der Waals surface area (Å²) in [6, 6.07) is -0.349. The maximum atomic E-state index is 12.6. The van der Waals surface area contributed by atoms with Gasteiger partial charge in [0, 0.05) is 12.6 Å². The molecule has 1 amide bonds. The molecule has 0 saturated carbocycles. The number of piperidine rings is 1. The standard InChI is InChI=1S/C15H28N2O3/c1-5-15(7-6-8-16-10-15)13(20)17-11(9-12(18)19)14(2,3)4/h11,16H,5-10H2,1-4H3,(H,17,20)(H,18,19). The number of carboxylic acids is 1. The van der Waals surface area contributed by atoms with E-state index in [0.717, 1.165) is 25.8 Å². The maximum Gasteiger partial charge on any atom is 0.305 e. The number of nitrogens with one attached hydrogen (secondary N) is 2. The molecule has 0 bridgehead atoms. The molecule has 5 nitrogen and oxygen atoms in total. The number of amides is 1. The summed E-state index contributed by atoms with van der Waals surface area (Å²) in [5.74, 6) is -0.883. The van der Waals surface area contributed by atoms with Gasteiger partial charge < -0.3 is 15.7 Å². The number of hydrogen-bond donors (Lipinski definition) is 3. The summed E-state index contributed by atoms with van der Waals surface area (Å²) >= 11 is 0. The second-order valence-electron chi connectivity index (χ2n) is 6.90. The summed E-state index contributed by atoms with van der Waals surface area (Å²) in [5, 5.41) is 15.3. The average molecular weight is 284 g/mol. The fourth-order valence-corrected chi connectivity index (χ4v) is 2.68. The fourth-order valence-electron chi connectivity index (χ4n) is 2.68. The van der Waals surface area contributed by atoms with Crippen molar-refractivity contribution in [2.45, 2.75) is 59.4 Å². The molecule has 2 atom stereocenters. The maximum absolute atomic E-state index is 12.6. The molecule has 0 aliphatic carbocycles. The smallest absolute Gasteiger partial charge is 0.305 e. The van der Waals surface area contributed by atoms with Crippen molar-refractivity contribution < 1.29 is 14.7 Å². The Morgan fingerprint density at radius 1 is 1.40 bits per heavy atom. The zero-order valence-corrected chi connectivity index (χ0v) is 13.1. The lowest BCUT2D eigenvalue weighted by molar-refractivity contribution is -0.139. The summed E-state index contributed by atoms with van der Waals surface area (Å²) < 4.78 is 0. The Kier molecular flexibility index (Phi) is 5.57. The lowest BCUT2D eigenvalue weighted by atomic mass is 9.76. The molecule has 1 rings (SSSR count). The average Bonchev–Trinajstić information content (AvgIpc) is 2.37. The summed E-state index contributed by atoms with van der Waals surface area (Å²) in [6.45, 7) is 9.53. The largest absolute Gasteiger partial charge is 0.481 e. The van der Waals surface area contributed by atoms with E-state index in [-0.39, 0.29) is 29.2 Å². The van der Waals surface area contributed by atoms with Crippen molar-refractivity contribution in [1.29, 1.82) is 0 Å². The lowest BCUT2D eigenvalue weighted by Gasteiger charge is -2.39. The van der Waals surface area contributed by atoms with E-state index < -0.39 is 5.97 Å². The van der Waals surface area contributed by atoms with Crippen LogP contribution in [0.1, 0.15) is 53.4 Å². The highest BCUT2D eigenvalue weighted by atomic mass is 16.4. The molecule has 0 radical (unpaired) electrons. The van der Waals surface area contributed by atoms with Crippen molar-refractivity contribution >= 4 is 11.9 Å². The first-order valence-corrected chi connectivity index (χ1v) is 7.45. The monoisotopic (exact) mass is 284 g/mol. The fraction of sp³-hybridized carbons (Fsp3) is 0.867. The number of aliphatic carboxylic acids is 1. The first-order valence-electron chi connectivity index (χ1n) is 7.45. The molecular formula is C15H28N2O3. The van der Waals surface area contributed by atoms with Crippen LogP contribution in [0.2, 0.25) is 0 Å². The summed E-state index contributed by atoms with van der Waals surface area (Å²) in [4.78, 5) is 23.6. The van der Waals surface area contributed by atoms with Crippen LogP contribution in [0.25, 0.3) is 0 Å². The van der Waals surface area contributed by atoms with Gasteiger partial charge in [-0.2, -0.15) is 0 Å². The second-order valence-corrected chi connectivity index (χ2v) is 6.90. The van der Waals surface area contributed by atoms with E-state index in [9.17, 15) is 9.59 Å². The van der Waals surface area contributed by atoms with Gasteiger partial charge in [0.15, 0.2) is 0 Å². The van der Waals surface area contributed by atoms with Gasteiger partial charge in [0.1, 0.15) is 0 Å². The molecule has 0 aromatic heterocycles. The number of carbonyl (C=O) groups excluding carboxylic acids is 1. The van der Waals surface area contributed by atoms with E-state index in [0.29, 0.717) is 6.54 Å². The minimum atomic E-state index is -0.877. The van der Waals surface area contributed by atoms with E-state index in [1.165, 1.54) is 0 Å². The molecule has 5 heteroatoms. The molecule has 116 valence electrons. The van der Waals surface area contributed by atoms with E-state index in [2.05, 4.69) is 10.6 Å². The Bertz CT molecular complexity index is 355. The van der Waals surface area contributed by atoms with Crippen LogP contribution >= 0.6 is 0 Å². The minimum absolute atomic E-state index is 0.00613. The molecule has 1 aliphatic rings. The van der Waals surface area contributed by atoms with Crippen molar-refractivity contribution in [1.82, 2.24) is 10.6 Å².